The van der Waals surface area contributed by atoms with E-state index < -0.39 is 34.8 Å². The molecule has 0 saturated carbocycles. The van der Waals surface area contributed by atoms with Crippen molar-refractivity contribution in [2.24, 2.45) is 5.73 Å². The largest absolute Gasteiger partial charge is 0.352 e. The number of amides is 5. The maximum absolute atomic E-state index is 13.5. The first-order valence-corrected chi connectivity index (χ1v) is 13.6. The highest BCUT2D eigenvalue weighted by Crippen LogP contribution is 2.27. The molecule has 1 atom stereocenters. The number of nitrogens with two attached hydrogens (primary N) is 1. The van der Waals surface area contributed by atoms with Crippen LogP contribution >= 0.6 is 0 Å². The van der Waals surface area contributed by atoms with E-state index in [0.717, 1.165) is 11.1 Å². The Labute approximate surface area is 251 Å². The van der Waals surface area contributed by atoms with Crippen molar-refractivity contribution in [3.8, 4) is 0 Å². The van der Waals surface area contributed by atoms with Crippen LogP contribution < -0.4 is 21.7 Å². The van der Waals surface area contributed by atoms with E-state index in [4.69, 9.17) is 5.73 Å². The smallest absolute Gasteiger partial charge is 0.322 e. The summed E-state index contributed by atoms with van der Waals surface area (Å²) in [4.78, 5) is 54.9. The van der Waals surface area contributed by atoms with Crippen LogP contribution in [0, 0.1) is 15.9 Å². The normalized spacial score (nSPS) is 13.9. The molecule has 2 heterocycles. The number of rotatable bonds is 9. The second-order valence-electron chi connectivity index (χ2n) is 10.2. The van der Waals surface area contributed by atoms with Gasteiger partial charge in [0.25, 0.3) is 5.69 Å². The van der Waals surface area contributed by atoms with Crippen molar-refractivity contribution < 1.29 is 23.7 Å². The van der Waals surface area contributed by atoms with Crippen LogP contribution in [-0.4, -0.2) is 43.4 Å². The molecule has 226 valence electrons. The van der Waals surface area contributed by atoms with Crippen LogP contribution in [0.15, 0.2) is 79.1 Å². The number of urea groups is 2. The zero-order valence-electron chi connectivity index (χ0n) is 23.4. The fourth-order valence-corrected chi connectivity index (χ4v) is 4.96. The molecule has 1 aliphatic rings. The Morgan fingerprint density at radius 2 is 1.64 bits per heavy atom. The predicted octanol–water partition coefficient (Wildman–Crippen LogP) is 3.42. The summed E-state index contributed by atoms with van der Waals surface area (Å²) in [6, 6.07) is 16.7. The third-order valence-corrected chi connectivity index (χ3v) is 7.26. The molecule has 5 rings (SSSR count). The van der Waals surface area contributed by atoms with Gasteiger partial charge in [0.2, 0.25) is 5.91 Å². The molecule has 0 spiro atoms. The minimum Gasteiger partial charge on any atom is -0.352 e. The van der Waals surface area contributed by atoms with E-state index in [-0.39, 0.29) is 38.3 Å². The highest BCUT2D eigenvalue weighted by Gasteiger charge is 2.37. The molecule has 13 nitrogen and oxygen atoms in total. The van der Waals surface area contributed by atoms with Gasteiger partial charge in [0.15, 0.2) is 0 Å². The highest BCUT2D eigenvalue weighted by molar-refractivity contribution is 5.94. The number of anilines is 1. The lowest BCUT2D eigenvalue weighted by Crippen LogP contribution is -2.54. The molecule has 44 heavy (non-hydrogen) atoms. The van der Waals surface area contributed by atoms with Gasteiger partial charge in [-0.2, -0.15) is 0 Å². The molecule has 0 fully saturated rings. The van der Waals surface area contributed by atoms with Gasteiger partial charge in [-0.05, 0) is 35.4 Å². The molecule has 1 aromatic heterocycles. The molecular weight excluding hydrogens is 571 g/mol. The van der Waals surface area contributed by atoms with E-state index in [9.17, 15) is 28.9 Å². The van der Waals surface area contributed by atoms with Crippen LogP contribution in [0.2, 0.25) is 0 Å². The van der Waals surface area contributed by atoms with Gasteiger partial charge in [-0.3, -0.25) is 14.9 Å². The molecule has 1 unspecified atom stereocenters. The van der Waals surface area contributed by atoms with Gasteiger partial charge in [-0.15, -0.1) is 0 Å². The number of benzene rings is 3. The topological polar surface area (TPSA) is 178 Å². The molecule has 5 N–H and O–H groups in total. The Morgan fingerprint density at radius 3 is 2.30 bits per heavy atom. The third kappa shape index (κ3) is 6.98. The second kappa shape index (κ2) is 13.0. The number of nitro groups is 1. The Kier molecular flexibility index (Phi) is 8.79. The first-order valence-electron chi connectivity index (χ1n) is 13.6. The number of nitrogens with one attached hydrogen (secondary N) is 3. The van der Waals surface area contributed by atoms with Crippen LogP contribution in [-0.2, 0) is 37.4 Å². The summed E-state index contributed by atoms with van der Waals surface area (Å²) in [5.41, 5.74) is 8.76. The van der Waals surface area contributed by atoms with Gasteiger partial charge in [0, 0.05) is 36.8 Å². The number of carbonyl (C=O) groups excluding carboxylic acids is 3. The summed E-state index contributed by atoms with van der Waals surface area (Å²) < 4.78 is 15.2. The number of carbonyl (C=O) groups is 3. The average molecular weight is 601 g/mol. The number of aromatic nitrogens is 2. The van der Waals surface area contributed by atoms with Crippen molar-refractivity contribution in [1.29, 1.82) is 0 Å². The standard InChI is InChI=1S/C30H29FN8O5/c31-22-9-11-23(12-10-22)36-30(42)38-17-27-24(35-18-37(27)16-21-3-1-2-4-25(21)39(43)44)13-26(38)28(40)33-14-19-5-7-20(8-6-19)15-34-29(32)41/h1-12,18,26H,13-17H2,(H,33,40)(H,36,42)(H3,32,34,41). The Morgan fingerprint density at radius 1 is 0.977 bits per heavy atom. The number of hydrogen-bond donors (Lipinski definition) is 4. The van der Waals surface area contributed by atoms with E-state index >= 15 is 0 Å². The lowest BCUT2D eigenvalue weighted by molar-refractivity contribution is -0.385. The molecule has 5 amide bonds. The lowest BCUT2D eigenvalue weighted by atomic mass is 10.0. The van der Waals surface area contributed by atoms with Crippen molar-refractivity contribution in [3.05, 3.63) is 123 Å². The Hall–Kier alpha value is -5.79. The zero-order valence-corrected chi connectivity index (χ0v) is 23.4. The van der Waals surface area contributed by atoms with Crippen LogP contribution in [0.25, 0.3) is 0 Å². The van der Waals surface area contributed by atoms with E-state index in [1.807, 2.05) is 0 Å². The van der Waals surface area contributed by atoms with Crippen molar-refractivity contribution >= 4 is 29.3 Å². The van der Waals surface area contributed by atoms with Gasteiger partial charge in [-0.1, -0.05) is 42.5 Å². The second-order valence-corrected chi connectivity index (χ2v) is 10.2. The number of nitro benzene ring substituents is 1. The van der Waals surface area contributed by atoms with Crippen molar-refractivity contribution in [2.45, 2.75) is 38.6 Å². The number of hydrogen-bond acceptors (Lipinski definition) is 6. The van der Waals surface area contributed by atoms with Gasteiger partial charge < -0.3 is 31.2 Å². The molecule has 1 aliphatic heterocycles. The van der Waals surface area contributed by atoms with Gasteiger partial charge in [0.05, 0.1) is 35.7 Å². The number of para-hydroxylation sites is 1. The molecule has 0 aliphatic carbocycles. The molecule has 0 saturated heterocycles. The monoisotopic (exact) mass is 600 g/mol. The maximum atomic E-state index is 13.5. The number of halogens is 1. The predicted molar refractivity (Wildman–Crippen MR) is 158 cm³/mol. The Bertz CT molecular complexity index is 1690. The van der Waals surface area contributed by atoms with Crippen LogP contribution in [0.5, 0.6) is 0 Å². The van der Waals surface area contributed by atoms with Gasteiger partial charge in [0.1, 0.15) is 11.9 Å². The zero-order chi connectivity index (χ0) is 31.2. The fraction of sp³-hybridized carbons (Fsp3) is 0.200. The maximum Gasteiger partial charge on any atom is 0.322 e. The van der Waals surface area contributed by atoms with Crippen LogP contribution in [0.4, 0.5) is 25.4 Å². The van der Waals surface area contributed by atoms with Crippen molar-refractivity contribution in [2.75, 3.05) is 5.32 Å². The number of nitrogens with zero attached hydrogens (tertiary/aromatic N) is 4. The summed E-state index contributed by atoms with van der Waals surface area (Å²) in [5.74, 6) is -0.864. The van der Waals surface area contributed by atoms with E-state index in [1.54, 1.807) is 53.4 Å². The minimum atomic E-state index is -0.920. The van der Waals surface area contributed by atoms with Crippen molar-refractivity contribution in [3.63, 3.8) is 0 Å². The quantitative estimate of drug-likeness (QED) is 0.169. The minimum absolute atomic E-state index is 0.00262. The molecule has 3 aromatic carbocycles. The highest BCUT2D eigenvalue weighted by atomic mass is 19.1. The first kappa shape index (κ1) is 29.7. The fourth-order valence-electron chi connectivity index (χ4n) is 4.96. The first-order chi connectivity index (χ1) is 21.2. The van der Waals surface area contributed by atoms with E-state index in [1.165, 1.54) is 35.2 Å². The van der Waals surface area contributed by atoms with E-state index in [0.29, 0.717) is 22.6 Å². The van der Waals surface area contributed by atoms with E-state index in [2.05, 4.69) is 20.9 Å². The lowest BCUT2D eigenvalue weighted by Gasteiger charge is -2.35. The summed E-state index contributed by atoms with van der Waals surface area (Å²) in [5, 5.41) is 19.7. The number of imidazole rings is 1. The summed E-state index contributed by atoms with van der Waals surface area (Å²) in [6.45, 7) is 0.609. The van der Waals surface area contributed by atoms with Gasteiger partial charge >= 0.3 is 12.1 Å². The van der Waals surface area contributed by atoms with Crippen LogP contribution in [0.1, 0.15) is 28.1 Å². The third-order valence-electron chi connectivity index (χ3n) is 7.26. The van der Waals surface area contributed by atoms with Crippen LogP contribution in [0.3, 0.4) is 0 Å². The van der Waals surface area contributed by atoms with Crippen molar-refractivity contribution in [1.82, 2.24) is 25.1 Å². The molecule has 14 heteroatoms. The summed E-state index contributed by atoms with van der Waals surface area (Å²) in [6.07, 6.45) is 1.66. The average Bonchev–Trinajstić information content (AvgIpc) is 3.41. The molecular formula is C30H29FN8O5. The molecule has 4 aromatic rings. The summed E-state index contributed by atoms with van der Waals surface area (Å²) in [7, 11) is 0. The van der Waals surface area contributed by atoms with Gasteiger partial charge in [-0.25, -0.2) is 19.0 Å². The SMILES string of the molecule is NC(=O)NCc1ccc(CNC(=O)C2Cc3ncn(Cc4ccccc4[N+](=O)[O-])c3CN2C(=O)Nc2ccc(F)cc2)cc1. The Balaban J connectivity index is 1.35. The number of primary amides is 1. The molecule has 0 bridgehead atoms. The number of fused-ring (bicyclic) bond motifs is 1. The summed E-state index contributed by atoms with van der Waals surface area (Å²) >= 11 is 0. The molecule has 0 radical (unpaired) electrons.